The van der Waals surface area contributed by atoms with Crippen molar-refractivity contribution in [3.05, 3.63) is 72.7 Å². The van der Waals surface area contributed by atoms with Crippen LogP contribution in [0.4, 0.5) is 5.69 Å². The molecular weight excluding hydrogens is 512 g/mol. The van der Waals surface area contributed by atoms with E-state index in [0.717, 1.165) is 4.88 Å². The van der Waals surface area contributed by atoms with Crippen LogP contribution in [-0.4, -0.2) is 48.2 Å². The second-order valence-corrected chi connectivity index (χ2v) is 10.4. The van der Waals surface area contributed by atoms with Crippen molar-refractivity contribution < 1.29 is 33.8 Å². The molecule has 0 amide bonds. The van der Waals surface area contributed by atoms with Gasteiger partial charge in [-0.25, -0.2) is 4.79 Å². The molecule has 2 aliphatic rings. The lowest BCUT2D eigenvalue weighted by Crippen LogP contribution is -2.36. The molecule has 10 nitrogen and oxygen atoms in total. The summed E-state index contributed by atoms with van der Waals surface area (Å²) < 4.78 is 16.2. The maximum atomic E-state index is 13.7. The molecular formula is C27H30N2O8S. The van der Waals surface area contributed by atoms with Crippen molar-refractivity contribution in [1.29, 1.82) is 0 Å². The zero-order chi connectivity index (χ0) is 27.6. The minimum atomic E-state index is -0.949. The number of phenolic OH excluding ortho intramolecular Hbond substituents is 1. The zero-order valence-electron chi connectivity index (χ0n) is 21.6. The summed E-state index contributed by atoms with van der Waals surface area (Å²) in [5.41, 5.74) is 1.35. The number of phenols is 1. The lowest BCUT2D eigenvalue weighted by molar-refractivity contribution is -0.386. The second-order valence-electron chi connectivity index (χ2n) is 9.44. The molecule has 0 saturated carbocycles. The number of rotatable bonds is 9. The van der Waals surface area contributed by atoms with E-state index in [1.807, 2.05) is 31.4 Å². The van der Waals surface area contributed by atoms with Gasteiger partial charge in [0.2, 0.25) is 5.75 Å². The van der Waals surface area contributed by atoms with E-state index in [4.69, 9.17) is 14.2 Å². The number of carbonyl (C=O) groups excluding carboxylic acids is 2. The maximum Gasteiger partial charge on any atom is 0.336 e. The number of allylic oxidation sites excluding steroid dienone is 3. The smallest absolute Gasteiger partial charge is 0.336 e. The van der Waals surface area contributed by atoms with E-state index in [9.17, 15) is 24.8 Å². The molecule has 38 heavy (non-hydrogen) atoms. The molecule has 1 aliphatic heterocycles. The predicted molar refractivity (Wildman–Crippen MR) is 140 cm³/mol. The fourth-order valence-electron chi connectivity index (χ4n) is 4.94. The van der Waals surface area contributed by atoms with Crippen LogP contribution in [0.2, 0.25) is 0 Å². The van der Waals surface area contributed by atoms with Gasteiger partial charge in [0.25, 0.3) is 0 Å². The highest BCUT2D eigenvalue weighted by Crippen LogP contribution is 2.49. The Balaban J connectivity index is 1.80. The van der Waals surface area contributed by atoms with E-state index < -0.39 is 28.2 Å². The third-order valence-corrected chi connectivity index (χ3v) is 7.62. The van der Waals surface area contributed by atoms with Gasteiger partial charge in [-0.2, -0.15) is 0 Å². The number of nitrogens with one attached hydrogen (secondary N) is 1. The third kappa shape index (κ3) is 5.44. The highest BCUT2D eigenvalue weighted by atomic mass is 32.1. The Morgan fingerprint density at radius 3 is 2.68 bits per heavy atom. The van der Waals surface area contributed by atoms with E-state index in [1.54, 1.807) is 18.3 Å². The summed E-state index contributed by atoms with van der Waals surface area (Å²) in [7, 11) is 1.28. The minimum absolute atomic E-state index is 0.000136. The summed E-state index contributed by atoms with van der Waals surface area (Å²) in [5, 5.41) is 27.3. The van der Waals surface area contributed by atoms with Crippen molar-refractivity contribution in [2.24, 2.45) is 0 Å². The van der Waals surface area contributed by atoms with E-state index in [1.165, 1.54) is 19.2 Å². The molecule has 202 valence electrons. The maximum absolute atomic E-state index is 13.7. The van der Waals surface area contributed by atoms with E-state index in [-0.39, 0.29) is 54.3 Å². The first kappa shape index (κ1) is 27.3. The van der Waals surface area contributed by atoms with Crippen LogP contribution < -0.4 is 10.1 Å². The van der Waals surface area contributed by atoms with E-state index in [2.05, 4.69) is 5.32 Å². The molecule has 0 bridgehead atoms. The van der Waals surface area contributed by atoms with Gasteiger partial charge in [0, 0.05) is 46.2 Å². The third-order valence-electron chi connectivity index (χ3n) is 6.59. The van der Waals surface area contributed by atoms with Crippen molar-refractivity contribution in [3.63, 3.8) is 0 Å². The molecule has 0 fully saturated rings. The van der Waals surface area contributed by atoms with Gasteiger partial charge in [0.05, 0.1) is 30.3 Å². The van der Waals surface area contributed by atoms with Gasteiger partial charge in [-0.15, -0.1) is 11.3 Å². The SMILES string of the molecule is COc1cc([C@H]2C(C(=O)OCCOC(C)C)=C(C)NC3=C2C(=O)C[C@@H](c2cccs2)C3)cc([N+](=O)[O-])c1O. The topological polar surface area (TPSA) is 137 Å². The predicted octanol–water partition coefficient (Wildman–Crippen LogP) is 4.70. The van der Waals surface area contributed by atoms with Gasteiger partial charge >= 0.3 is 11.7 Å². The number of nitro groups is 1. The standard InChI is InChI=1S/C27H30N2O8S/c1-14(2)36-7-8-37-27(32)23-15(3)28-18-10-16(22-6-5-9-38-22)12-20(30)25(18)24(23)17-11-19(29(33)34)26(31)21(13-17)35-4/h5-6,9,11,13-14,16,24,28,31H,7-8,10,12H2,1-4H3/t16-,24-/m0/s1. The fraction of sp³-hybridized carbons (Fsp3) is 0.407. The number of hydrogen-bond acceptors (Lipinski definition) is 10. The molecule has 1 aliphatic carbocycles. The van der Waals surface area contributed by atoms with Crippen molar-refractivity contribution in [1.82, 2.24) is 5.32 Å². The largest absolute Gasteiger partial charge is 0.500 e. The van der Waals surface area contributed by atoms with Crippen molar-refractivity contribution >= 4 is 28.8 Å². The number of ether oxygens (including phenoxy) is 3. The summed E-state index contributed by atoms with van der Waals surface area (Å²) in [5.74, 6) is -2.57. The van der Waals surface area contributed by atoms with Gasteiger partial charge in [-0.05, 0) is 50.3 Å². The number of dihydropyridines is 1. The van der Waals surface area contributed by atoms with Crippen LogP contribution in [0.1, 0.15) is 55.9 Å². The number of nitro benzene ring substituents is 1. The van der Waals surface area contributed by atoms with Crippen LogP contribution in [0.25, 0.3) is 0 Å². The number of benzene rings is 1. The van der Waals surface area contributed by atoms with Gasteiger partial charge in [-0.3, -0.25) is 14.9 Å². The number of thiophene rings is 1. The Hall–Kier alpha value is -3.70. The molecule has 0 spiro atoms. The average Bonchev–Trinajstić information content (AvgIpc) is 3.40. The monoisotopic (exact) mass is 542 g/mol. The number of carbonyl (C=O) groups is 2. The molecule has 2 heterocycles. The summed E-state index contributed by atoms with van der Waals surface area (Å²) >= 11 is 1.58. The molecule has 11 heteroatoms. The Bertz CT molecular complexity index is 1310. The summed E-state index contributed by atoms with van der Waals surface area (Å²) in [6.45, 7) is 5.64. The average molecular weight is 543 g/mol. The number of nitrogens with zero attached hydrogens (tertiary/aromatic N) is 1. The van der Waals surface area contributed by atoms with Gasteiger partial charge in [-0.1, -0.05) is 6.07 Å². The van der Waals surface area contributed by atoms with Gasteiger partial charge < -0.3 is 24.6 Å². The van der Waals surface area contributed by atoms with Crippen molar-refractivity contribution in [3.8, 4) is 11.5 Å². The fourth-order valence-corrected chi connectivity index (χ4v) is 5.77. The first-order valence-electron chi connectivity index (χ1n) is 12.2. The van der Waals surface area contributed by atoms with Crippen LogP contribution in [0.15, 0.2) is 52.2 Å². The normalized spacial score (nSPS) is 19.3. The van der Waals surface area contributed by atoms with Gasteiger partial charge in [0.1, 0.15) is 6.61 Å². The first-order valence-corrected chi connectivity index (χ1v) is 13.1. The quantitative estimate of drug-likeness (QED) is 0.200. The van der Waals surface area contributed by atoms with Crippen LogP contribution in [0, 0.1) is 10.1 Å². The molecule has 1 aromatic heterocycles. The second kappa shape index (κ2) is 11.4. The number of hydrogen-bond donors (Lipinski definition) is 2. The van der Waals surface area contributed by atoms with Crippen molar-refractivity contribution in [2.75, 3.05) is 20.3 Å². The van der Waals surface area contributed by atoms with Crippen LogP contribution in [0.5, 0.6) is 11.5 Å². The first-order chi connectivity index (χ1) is 18.1. The van der Waals surface area contributed by atoms with Crippen LogP contribution in [0.3, 0.4) is 0 Å². The number of ketones is 1. The van der Waals surface area contributed by atoms with Crippen molar-refractivity contribution in [2.45, 2.75) is 51.6 Å². The van der Waals surface area contributed by atoms with E-state index >= 15 is 0 Å². The van der Waals surface area contributed by atoms with Crippen LogP contribution >= 0.6 is 11.3 Å². The highest BCUT2D eigenvalue weighted by molar-refractivity contribution is 7.10. The number of methoxy groups -OCH3 is 1. The molecule has 2 N–H and O–H groups in total. The minimum Gasteiger partial charge on any atom is -0.500 e. The molecule has 1 aromatic carbocycles. The summed E-state index contributed by atoms with van der Waals surface area (Å²) in [6.07, 6.45) is 0.739. The number of esters is 1. The Morgan fingerprint density at radius 2 is 2.05 bits per heavy atom. The molecule has 4 rings (SSSR count). The van der Waals surface area contributed by atoms with Crippen LogP contribution in [-0.2, 0) is 19.1 Å². The number of aromatic hydroxyl groups is 1. The lowest BCUT2D eigenvalue weighted by atomic mass is 9.72. The molecule has 2 aromatic rings. The van der Waals surface area contributed by atoms with E-state index in [0.29, 0.717) is 23.4 Å². The zero-order valence-corrected chi connectivity index (χ0v) is 22.4. The molecule has 0 saturated heterocycles. The van der Waals surface area contributed by atoms with Gasteiger partial charge in [0.15, 0.2) is 11.5 Å². The Kier molecular flexibility index (Phi) is 8.17. The lowest BCUT2D eigenvalue weighted by Gasteiger charge is -2.36. The highest BCUT2D eigenvalue weighted by Gasteiger charge is 2.42. The number of Topliss-reactive ketones (excluding diaryl/α,β-unsaturated/α-hetero) is 1. The summed E-state index contributed by atoms with van der Waals surface area (Å²) in [6, 6.07) is 6.53. The Morgan fingerprint density at radius 1 is 1.29 bits per heavy atom. The summed E-state index contributed by atoms with van der Waals surface area (Å²) in [4.78, 5) is 39.1. The molecule has 0 unspecified atom stereocenters. The Labute approximate surface area is 224 Å². The molecule has 2 atom stereocenters. The molecule has 0 radical (unpaired) electrons.